The van der Waals surface area contributed by atoms with Gasteiger partial charge in [0.15, 0.2) is 0 Å². The van der Waals surface area contributed by atoms with Crippen LogP contribution in [0, 0.1) is 6.20 Å². The summed E-state index contributed by atoms with van der Waals surface area (Å²) in [6, 6.07) is 1.72. The minimum Gasteiger partial charge on any atom is -0.375 e. The summed E-state index contributed by atoms with van der Waals surface area (Å²) in [5.74, 6) is 0. The van der Waals surface area contributed by atoms with Crippen LogP contribution in [-0.4, -0.2) is 17.1 Å². The highest BCUT2D eigenvalue weighted by Gasteiger charge is 2.02. The van der Waals surface area contributed by atoms with Gasteiger partial charge in [-0.2, -0.15) is 0 Å². The molecular weight excluding hydrogens is 128 g/mol. The van der Waals surface area contributed by atoms with E-state index in [1.807, 2.05) is 6.92 Å². The Labute approximate surface area is 60.1 Å². The lowest BCUT2D eigenvalue weighted by Crippen LogP contribution is -1.98. The van der Waals surface area contributed by atoms with Crippen molar-refractivity contribution in [3.63, 3.8) is 0 Å². The number of rotatable bonds is 2. The summed E-state index contributed by atoms with van der Waals surface area (Å²) in [4.78, 5) is 7.65. The minimum atomic E-state index is 0.0271. The molecule has 1 rings (SSSR count). The van der Waals surface area contributed by atoms with Gasteiger partial charge in [-0.05, 0) is 13.0 Å². The maximum atomic E-state index is 5.03. The summed E-state index contributed by atoms with van der Waals surface area (Å²) in [7, 11) is 1.65. The van der Waals surface area contributed by atoms with Crippen LogP contribution >= 0.6 is 0 Å². The van der Waals surface area contributed by atoms with Crippen molar-refractivity contribution in [3.05, 3.63) is 24.3 Å². The Morgan fingerprint density at radius 1 is 1.70 bits per heavy atom. The molecule has 0 saturated heterocycles. The Hall–Kier alpha value is -0.960. The lowest BCUT2D eigenvalue weighted by Gasteiger charge is -2.05. The largest absolute Gasteiger partial charge is 0.375 e. The monoisotopic (exact) mass is 137 g/mol. The summed E-state index contributed by atoms with van der Waals surface area (Å²) < 4.78 is 5.03. The van der Waals surface area contributed by atoms with Crippen LogP contribution in [0.5, 0.6) is 0 Å². The quantitative estimate of drug-likeness (QED) is 0.609. The number of aromatic nitrogens is 2. The third kappa shape index (κ3) is 1.51. The molecule has 0 aliphatic rings. The molecule has 0 saturated carbocycles. The predicted molar refractivity (Wildman–Crippen MR) is 36.3 cm³/mol. The van der Waals surface area contributed by atoms with Crippen molar-refractivity contribution in [1.29, 1.82) is 0 Å². The predicted octanol–water partition coefficient (Wildman–Crippen LogP) is 0.984. The Balaban J connectivity index is 2.75. The van der Waals surface area contributed by atoms with Gasteiger partial charge in [0.25, 0.3) is 0 Å². The molecule has 1 atom stereocenters. The van der Waals surface area contributed by atoms with E-state index in [0.29, 0.717) is 0 Å². The van der Waals surface area contributed by atoms with Gasteiger partial charge in [0.2, 0.25) is 0 Å². The van der Waals surface area contributed by atoms with Crippen LogP contribution in [0.2, 0.25) is 0 Å². The fourth-order valence-electron chi connectivity index (χ4n) is 0.613. The zero-order chi connectivity index (χ0) is 7.40. The van der Waals surface area contributed by atoms with Gasteiger partial charge >= 0.3 is 0 Å². The summed E-state index contributed by atoms with van der Waals surface area (Å²) >= 11 is 0. The number of methoxy groups -OCH3 is 1. The van der Waals surface area contributed by atoms with Crippen LogP contribution in [-0.2, 0) is 4.74 Å². The van der Waals surface area contributed by atoms with Crippen molar-refractivity contribution in [1.82, 2.24) is 9.97 Å². The third-order valence-corrected chi connectivity index (χ3v) is 1.32. The van der Waals surface area contributed by atoms with E-state index in [-0.39, 0.29) is 6.10 Å². The van der Waals surface area contributed by atoms with Gasteiger partial charge in [-0.3, -0.25) is 0 Å². The molecule has 0 bridgehead atoms. The highest BCUT2D eigenvalue weighted by Crippen LogP contribution is 2.09. The molecule has 1 aromatic heterocycles. The molecule has 0 aliphatic carbocycles. The average molecular weight is 137 g/mol. The second-order valence-electron chi connectivity index (χ2n) is 1.95. The fourth-order valence-corrected chi connectivity index (χ4v) is 0.613. The second-order valence-corrected chi connectivity index (χ2v) is 1.95. The average Bonchev–Trinajstić information content (AvgIpc) is 2.05. The smallest absolute Gasteiger partial charge is 0.116 e. The number of nitrogens with zero attached hydrogens (tertiary/aromatic N) is 2. The van der Waals surface area contributed by atoms with Crippen LogP contribution in [0.1, 0.15) is 18.7 Å². The van der Waals surface area contributed by atoms with E-state index < -0.39 is 0 Å². The van der Waals surface area contributed by atoms with Gasteiger partial charge < -0.3 is 4.74 Å². The lowest BCUT2D eigenvalue weighted by atomic mass is 10.3. The maximum Gasteiger partial charge on any atom is 0.116 e. The minimum absolute atomic E-state index is 0.0271. The third-order valence-electron chi connectivity index (χ3n) is 1.32. The van der Waals surface area contributed by atoms with E-state index in [2.05, 4.69) is 16.2 Å². The standard InChI is InChI=1S/C7H9N2O/c1-6(10-2)7-3-4-8-5-9-7/h3,5-6H,1-2H3. The van der Waals surface area contributed by atoms with E-state index in [4.69, 9.17) is 4.74 Å². The van der Waals surface area contributed by atoms with Crippen molar-refractivity contribution >= 4 is 0 Å². The van der Waals surface area contributed by atoms with Gasteiger partial charge in [-0.15, -0.1) is 0 Å². The van der Waals surface area contributed by atoms with Crippen molar-refractivity contribution in [2.45, 2.75) is 13.0 Å². The van der Waals surface area contributed by atoms with Gasteiger partial charge in [0, 0.05) is 7.11 Å². The molecule has 53 valence electrons. The molecular formula is C7H9N2O. The number of hydrogen-bond acceptors (Lipinski definition) is 3. The molecule has 0 spiro atoms. The molecule has 1 heterocycles. The Kier molecular flexibility index (Phi) is 2.34. The Morgan fingerprint density at radius 3 is 3.00 bits per heavy atom. The molecule has 1 radical (unpaired) electrons. The molecule has 0 aromatic carbocycles. The molecule has 3 heteroatoms. The summed E-state index contributed by atoms with van der Waals surface area (Å²) in [6.07, 6.45) is 4.17. The van der Waals surface area contributed by atoms with E-state index >= 15 is 0 Å². The van der Waals surface area contributed by atoms with E-state index in [1.54, 1.807) is 13.2 Å². The van der Waals surface area contributed by atoms with Gasteiger partial charge in [0.1, 0.15) is 6.33 Å². The molecule has 0 aliphatic heterocycles. The first-order chi connectivity index (χ1) is 4.84. The van der Waals surface area contributed by atoms with Crippen LogP contribution in [0.15, 0.2) is 12.4 Å². The Morgan fingerprint density at radius 2 is 2.50 bits per heavy atom. The lowest BCUT2D eigenvalue weighted by molar-refractivity contribution is 0.116. The van der Waals surface area contributed by atoms with Crippen molar-refractivity contribution in [3.8, 4) is 0 Å². The van der Waals surface area contributed by atoms with Crippen molar-refractivity contribution in [2.24, 2.45) is 0 Å². The van der Waals surface area contributed by atoms with Gasteiger partial charge in [0.05, 0.1) is 18.0 Å². The van der Waals surface area contributed by atoms with Gasteiger partial charge in [-0.25, -0.2) is 9.97 Å². The molecule has 3 nitrogen and oxygen atoms in total. The first-order valence-corrected chi connectivity index (χ1v) is 3.05. The van der Waals surface area contributed by atoms with Gasteiger partial charge in [-0.1, -0.05) is 0 Å². The zero-order valence-corrected chi connectivity index (χ0v) is 6.03. The second kappa shape index (κ2) is 3.27. The molecule has 0 N–H and O–H groups in total. The van der Waals surface area contributed by atoms with E-state index in [0.717, 1.165) is 5.69 Å². The van der Waals surface area contributed by atoms with E-state index in [1.165, 1.54) is 6.33 Å². The van der Waals surface area contributed by atoms with Crippen LogP contribution in [0.4, 0.5) is 0 Å². The number of hydrogen-bond donors (Lipinski definition) is 0. The van der Waals surface area contributed by atoms with Crippen LogP contribution in [0.3, 0.4) is 0 Å². The van der Waals surface area contributed by atoms with Crippen LogP contribution in [0.25, 0.3) is 0 Å². The molecule has 1 unspecified atom stereocenters. The van der Waals surface area contributed by atoms with Crippen LogP contribution < -0.4 is 0 Å². The molecule has 1 aromatic rings. The molecule has 10 heavy (non-hydrogen) atoms. The highest BCUT2D eigenvalue weighted by molar-refractivity contribution is 4.99. The SMILES string of the molecule is COC(C)c1c[c]ncn1. The van der Waals surface area contributed by atoms with Crippen molar-refractivity contribution < 1.29 is 4.74 Å². The summed E-state index contributed by atoms with van der Waals surface area (Å²) in [5, 5.41) is 0. The molecule has 0 fully saturated rings. The van der Waals surface area contributed by atoms with Crippen molar-refractivity contribution in [2.75, 3.05) is 7.11 Å². The molecule has 0 amide bonds. The topological polar surface area (TPSA) is 35.0 Å². The summed E-state index contributed by atoms with van der Waals surface area (Å²) in [6.45, 7) is 1.93. The zero-order valence-electron chi connectivity index (χ0n) is 6.03. The maximum absolute atomic E-state index is 5.03. The normalized spacial score (nSPS) is 13.0. The number of ether oxygens (including phenoxy) is 1. The fraction of sp³-hybridized carbons (Fsp3) is 0.429. The summed E-state index contributed by atoms with van der Waals surface area (Å²) in [5.41, 5.74) is 0.859. The highest BCUT2D eigenvalue weighted by atomic mass is 16.5. The first-order valence-electron chi connectivity index (χ1n) is 3.05. The first kappa shape index (κ1) is 7.15. The Bertz CT molecular complexity index is 188. The van der Waals surface area contributed by atoms with E-state index in [9.17, 15) is 0 Å².